The predicted molar refractivity (Wildman–Crippen MR) is 200 cm³/mol. The van der Waals surface area contributed by atoms with Crippen LogP contribution in [-0.4, -0.2) is 14.7 Å². The van der Waals surface area contributed by atoms with Crippen LogP contribution in [0.2, 0.25) is 0 Å². The smallest absolute Gasteiger partial charge is 0.258 e. The van der Waals surface area contributed by atoms with Crippen LogP contribution in [0.3, 0.4) is 0 Å². The van der Waals surface area contributed by atoms with Crippen LogP contribution < -0.4 is 4.90 Å². The van der Waals surface area contributed by atoms with Gasteiger partial charge in [-0.1, -0.05) is 114 Å². The summed E-state index contributed by atoms with van der Waals surface area (Å²) in [5.41, 5.74) is 10.7. The van der Waals surface area contributed by atoms with Crippen molar-refractivity contribution in [2.45, 2.75) is 0 Å². The molecule has 9 aromatic rings. The van der Waals surface area contributed by atoms with Gasteiger partial charge in [0.1, 0.15) is 0 Å². The zero-order valence-electron chi connectivity index (χ0n) is 26.5. The van der Waals surface area contributed by atoms with Crippen molar-refractivity contribution >= 4 is 38.9 Å². The summed E-state index contributed by atoms with van der Waals surface area (Å²) in [6, 6.07) is 63.3. The first-order valence-corrected chi connectivity index (χ1v) is 16.3. The summed E-state index contributed by atoms with van der Waals surface area (Å²) < 4.78 is 8.09. The summed E-state index contributed by atoms with van der Waals surface area (Å²) >= 11 is 0. The summed E-state index contributed by atoms with van der Waals surface area (Å²) in [7, 11) is 0. The van der Waals surface area contributed by atoms with Crippen molar-refractivity contribution in [1.82, 2.24) is 14.7 Å². The van der Waals surface area contributed by atoms with Crippen LogP contribution in [0.25, 0.3) is 61.5 Å². The SMILES string of the molecule is c1ccc(-c2ccc3c(c2)c2ccccc2n3-c2ccc(N(c3ccccc3)c3cccc(-c4nc(-c5ccccc5)no4)c3)cc2)cc1. The fourth-order valence-corrected chi connectivity index (χ4v) is 6.66. The minimum atomic E-state index is 0.478. The summed E-state index contributed by atoms with van der Waals surface area (Å²) in [6.45, 7) is 0. The van der Waals surface area contributed by atoms with E-state index in [0.717, 1.165) is 33.9 Å². The van der Waals surface area contributed by atoms with Crippen molar-refractivity contribution in [2.24, 2.45) is 0 Å². The first-order valence-electron chi connectivity index (χ1n) is 16.3. The van der Waals surface area contributed by atoms with Gasteiger partial charge in [0.05, 0.1) is 11.0 Å². The van der Waals surface area contributed by atoms with Gasteiger partial charge in [-0.3, -0.25) is 0 Å². The Balaban J connectivity index is 1.12. The van der Waals surface area contributed by atoms with E-state index in [1.807, 2.05) is 48.5 Å². The van der Waals surface area contributed by atoms with E-state index in [9.17, 15) is 0 Å². The lowest BCUT2D eigenvalue weighted by Crippen LogP contribution is -2.10. The third-order valence-electron chi connectivity index (χ3n) is 8.97. The number of fused-ring (bicyclic) bond motifs is 3. The molecule has 0 unspecified atom stereocenters. The molecule has 5 nitrogen and oxygen atoms in total. The van der Waals surface area contributed by atoms with E-state index in [-0.39, 0.29) is 0 Å². The van der Waals surface area contributed by atoms with Gasteiger partial charge in [-0.05, 0) is 83.9 Å². The van der Waals surface area contributed by atoms with Gasteiger partial charge in [-0.15, -0.1) is 0 Å². The van der Waals surface area contributed by atoms with E-state index in [2.05, 4.69) is 148 Å². The van der Waals surface area contributed by atoms with Crippen LogP contribution in [0.5, 0.6) is 0 Å². The molecule has 49 heavy (non-hydrogen) atoms. The van der Waals surface area contributed by atoms with Crippen molar-refractivity contribution in [2.75, 3.05) is 4.90 Å². The Morgan fingerprint density at radius 3 is 1.82 bits per heavy atom. The summed E-state index contributed by atoms with van der Waals surface area (Å²) in [5.74, 6) is 1.05. The molecule has 0 aliphatic heterocycles. The molecule has 0 amide bonds. The van der Waals surface area contributed by atoms with Crippen molar-refractivity contribution in [1.29, 1.82) is 0 Å². The number of hydrogen-bond acceptors (Lipinski definition) is 4. The highest BCUT2D eigenvalue weighted by molar-refractivity contribution is 6.10. The van der Waals surface area contributed by atoms with E-state index in [4.69, 9.17) is 9.51 Å². The number of nitrogens with zero attached hydrogens (tertiary/aromatic N) is 4. The number of para-hydroxylation sites is 2. The van der Waals surface area contributed by atoms with Crippen LogP contribution in [-0.2, 0) is 0 Å². The Morgan fingerprint density at radius 1 is 0.429 bits per heavy atom. The zero-order chi connectivity index (χ0) is 32.6. The molecule has 232 valence electrons. The lowest BCUT2D eigenvalue weighted by Gasteiger charge is -2.26. The number of hydrogen-bond donors (Lipinski definition) is 0. The highest BCUT2D eigenvalue weighted by Crippen LogP contribution is 2.39. The molecule has 0 aliphatic carbocycles. The van der Waals surface area contributed by atoms with Crippen LogP contribution in [0, 0.1) is 0 Å². The topological polar surface area (TPSA) is 47.1 Å². The molecule has 2 heterocycles. The molecule has 0 atom stereocenters. The third-order valence-corrected chi connectivity index (χ3v) is 8.97. The highest BCUT2D eigenvalue weighted by atomic mass is 16.5. The molecule has 0 bridgehead atoms. The van der Waals surface area contributed by atoms with E-state index >= 15 is 0 Å². The van der Waals surface area contributed by atoms with Gasteiger partial charge in [-0.25, -0.2) is 0 Å². The first kappa shape index (κ1) is 28.5. The van der Waals surface area contributed by atoms with Gasteiger partial charge in [0, 0.05) is 44.6 Å². The van der Waals surface area contributed by atoms with Crippen molar-refractivity contribution < 1.29 is 4.52 Å². The second kappa shape index (κ2) is 12.1. The Labute approximate surface area is 284 Å². The molecule has 9 rings (SSSR count). The average molecular weight is 631 g/mol. The molecule has 5 heteroatoms. The van der Waals surface area contributed by atoms with Crippen LogP contribution >= 0.6 is 0 Å². The molecule has 2 aromatic heterocycles. The van der Waals surface area contributed by atoms with Gasteiger partial charge < -0.3 is 14.0 Å². The minimum Gasteiger partial charge on any atom is -0.334 e. The first-order chi connectivity index (χ1) is 24.3. The second-order valence-corrected chi connectivity index (χ2v) is 12.0. The molecule has 0 radical (unpaired) electrons. The maximum absolute atomic E-state index is 5.73. The number of anilines is 3. The zero-order valence-corrected chi connectivity index (χ0v) is 26.5. The summed E-state index contributed by atoms with van der Waals surface area (Å²) in [6.07, 6.45) is 0. The van der Waals surface area contributed by atoms with Gasteiger partial charge in [0.25, 0.3) is 5.89 Å². The van der Waals surface area contributed by atoms with Crippen LogP contribution in [0.1, 0.15) is 0 Å². The molecule has 0 saturated heterocycles. The molecular weight excluding hydrogens is 601 g/mol. The van der Waals surface area contributed by atoms with Gasteiger partial charge in [0.15, 0.2) is 0 Å². The van der Waals surface area contributed by atoms with Gasteiger partial charge >= 0.3 is 0 Å². The largest absolute Gasteiger partial charge is 0.334 e. The Kier molecular flexibility index (Phi) is 7.06. The highest BCUT2D eigenvalue weighted by Gasteiger charge is 2.18. The Hall–Kier alpha value is -6.72. The van der Waals surface area contributed by atoms with Crippen LogP contribution in [0.15, 0.2) is 187 Å². The van der Waals surface area contributed by atoms with E-state index < -0.39 is 0 Å². The Morgan fingerprint density at radius 2 is 1.04 bits per heavy atom. The monoisotopic (exact) mass is 630 g/mol. The van der Waals surface area contributed by atoms with E-state index in [0.29, 0.717) is 11.7 Å². The van der Waals surface area contributed by atoms with E-state index in [1.165, 1.54) is 32.9 Å². The summed E-state index contributed by atoms with van der Waals surface area (Å²) in [5, 5.41) is 6.72. The summed E-state index contributed by atoms with van der Waals surface area (Å²) in [4.78, 5) is 6.96. The quantitative estimate of drug-likeness (QED) is 0.176. The van der Waals surface area contributed by atoms with Gasteiger partial charge in [-0.2, -0.15) is 4.98 Å². The molecule has 0 fully saturated rings. The average Bonchev–Trinajstić information content (AvgIpc) is 3.80. The van der Waals surface area contributed by atoms with Gasteiger partial charge in [0.2, 0.25) is 5.82 Å². The molecule has 7 aromatic carbocycles. The number of benzene rings is 7. The van der Waals surface area contributed by atoms with Crippen molar-refractivity contribution in [3.05, 3.63) is 182 Å². The fraction of sp³-hybridized carbons (Fsp3) is 0. The lowest BCUT2D eigenvalue weighted by molar-refractivity contribution is 0.432. The lowest BCUT2D eigenvalue weighted by atomic mass is 10.0. The number of rotatable bonds is 7. The van der Waals surface area contributed by atoms with Crippen molar-refractivity contribution in [3.8, 4) is 39.7 Å². The minimum absolute atomic E-state index is 0.478. The molecule has 0 spiro atoms. The standard InChI is InChI=1S/C44H30N4O/c1-4-13-31(14-5-1)33-23-28-42-40(30-33)39-21-10-11-22-41(39)48(42)37-26-24-36(25-27-37)47(35-18-8-3-9-19-35)38-20-12-17-34(29-38)44-45-43(46-49-44)32-15-6-2-7-16-32/h1-30H. The molecule has 0 aliphatic rings. The number of aromatic nitrogens is 3. The normalized spacial score (nSPS) is 11.3. The second-order valence-electron chi connectivity index (χ2n) is 12.0. The molecular formula is C44H30N4O. The molecule has 0 saturated carbocycles. The maximum Gasteiger partial charge on any atom is 0.258 e. The third kappa shape index (κ3) is 5.24. The fourth-order valence-electron chi connectivity index (χ4n) is 6.66. The van der Waals surface area contributed by atoms with E-state index in [1.54, 1.807) is 0 Å². The predicted octanol–water partition coefficient (Wildman–Crippen LogP) is 11.6. The van der Waals surface area contributed by atoms with Crippen LogP contribution in [0.4, 0.5) is 17.1 Å². The maximum atomic E-state index is 5.73. The Bertz CT molecular complexity index is 2540. The van der Waals surface area contributed by atoms with Crippen molar-refractivity contribution in [3.63, 3.8) is 0 Å². The molecule has 0 N–H and O–H groups in total.